The number of aryl methyl sites for hydroxylation is 1. The summed E-state index contributed by atoms with van der Waals surface area (Å²) in [6.07, 6.45) is 2.20. The first-order valence-corrected chi connectivity index (χ1v) is 7.49. The van der Waals surface area contributed by atoms with Crippen LogP contribution in [0.4, 0.5) is 5.69 Å². The molecule has 0 saturated carbocycles. The summed E-state index contributed by atoms with van der Waals surface area (Å²) < 4.78 is 0. The van der Waals surface area contributed by atoms with Crippen molar-refractivity contribution in [3.63, 3.8) is 0 Å². The summed E-state index contributed by atoms with van der Waals surface area (Å²) in [6.45, 7) is 8.24. The van der Waals surface area contributed by atoms with Crippen molar-refractivity contribution in [1.29, 1.82) is 0 Å². The number of amides is 1. The monoisotopic (exact) mass is 349 g/mol. The maximum Gasteiger partial charge on any atom is 0.220 e. The number of hydrogen-bond acceptors (Lipinski definition) is 3. The summed E-state index contributed by atoms with van der Waals surface area (Å²) in [6, 6.07) is 7.71. The fourth-order valence-electron chi connectivity index (χ4n) is 2.17. The van der Waals surface area contributed by atoms with Crippen molar-refractivity contribution in [2.45, 2.75) is 33.1 Å². The maximum absolute atomic E-state index is 11.7. The van der Waals surface area contributed by atoms with Gasteiger partial charge in [0.1, 0.15) is 0 Å². The molecule has 0 saturated heterocycles. The van der Waals surface area contributed by atoms with Gasteiger partial charge in [-0.3, -0.25) is 4.79 Å². The molecule has 1 aromatic rings. The topological polar surface area (TPSA) is 58.4 Å². The van der Waals surface area contributed by atoms with E-state index < -0.39 is 0 Å². The van der Waals surface area contributed by atoms with Gasteiger partial charge in [0.15, 0.2) is 0 Å². The number of nitrogen functional groups attached to an aromatic ring is 1. The Bertz CT molecular complexity index is 412. The highest BCUT2D eigenvalue weighted by atomic mass is 35.5. The van der Waals surface area contributed by atoms with Gasteiger partial charge in [-0.15, -0.1) is 24.8 Å². The van der Waals surface area contributed by atoms with Crippen molar-refractivity contribution < 1.29 is 4.79 Å². The van der Waals surface area contributed by atoms with Gasteiger partial charge in [0.05, 0.1) is 0 Å². The first-order valence-electron chi connectivity index (χ1n) is 7.49. The predicted octanol–water partition coefficient (Wildman–Crippen LogP) is 2.89. The van der Waals surface area contributed by atoms with Crippen molar-refractivity contribution >= 4 is 36.4 Å². The standard InChI is InChI=1S/C16H27N3O.2ClH/c1-3-19(4-2)13-7-12-18-16(20)11-10-14-8-5-6-9-15(14)17;;/h5-6,8-9H,3-4,7,10-13,17H2,1-2H3,(H,18,20);2*1H. The Morgan fingerprint density at radius 2 is 1.82 bits per heavy atom. The Hall–Kier alpha value is -0.970. The van der Waals surface area contributed by atoms with Crippen LogP contribution >= 0.6 is 24.8 Å². The van der Waals surface area contributed by atoms with Crippen molar-refractivity contribution in [3.05, 3.63) is 29.8 Å². The van der Waals surface area contributed by atoms with Crippen LogP contribution in [-0.4, -0.2) is 37.0 Å². The summed E-state index contributed by atoms with van der Waals surface area (Å²) in [7, 11) is 0. The molecule has 0 aliphatic rings. The van der Waals surface area contributed by atoms with Gasteiger partial charge in [0.25, 0.3) is 0 Å². The highest BCUT2D eigenvalue weighted by molar-refractivity contribution is 5.85. The Labute approximate surface area is 146 Å². The molecule has 128 valence electrons. The molecular weight excluding hydrogens is 321 g/mol. The Morgan fingerprint density at radius 3 is 2.41 bits per heavy atom. The fourth-order valence-corrected chi connectivity index (χ4v) is 2.17. The van der Waals surface area contributed by atoms with E-state index in [1.54, 1.807) is 0 Å². The second kappa shape index (κ2) is 13.7. The van der Waals surface area contributed by atoms with Crippen molar-refractivity contribution in [2.24, 2.45) is 0 Å². The first kappa shape index (κ1) is 23.3. The number of carbonyl (C=O) groups excluding carboxylic acids is 1. The van der Waals surface area contributed by atoms with Crippen LogP contribution < -0.4 is 11.1 Å². The van der Waals surface area contributed by atoms with E-state index in [1.807, 2.05) is 24.3 Å². The van der Waals surface area contributed by atoms with Crippen LogP contribution in [0, 0.1) is 0 Å². The maximum atomic E-state index is 11.7. The van der Waals surface area contributed by atoms with Crippen LogP contribution in [0.3, 0.4) is 0 Å². The highest BCUT2D eigenvalue weighted by Crippen LogP contribution is 2.12. The van der Waals surface area contributed by atoms with Crippen LogP contribution in [0.1, 0.15) is 32.3 Å². The van der Waals surface area contributed by atoms with E-state index in [9.17, 15) is 4.79 Å². The number of halogens is 2. The normalized spacial score (nSPS) is 9.77. The van der Waals surface area contributed by atoms with Gasteiger partial charge >= 0.3 is 0 Å². The third kappa shape index (κ3) is 9.13. The number of para-hydroxylation sites is 1. The number of hydrogen-bond donors (Lipinski definition) is 2. The lowest BCUT2D eigenvalue weighted by Gasteiger charge is -2.17. The summed E-state index contributed by atoms with van der Waals surface area (Å²) >= 11 is 0. The van der Waals surface area contributed by atoms with Gasteiger partial charge < -0.3 is 16.0 Å². The van der Waals surface area contributed by atoms with Crippen LogP contribution in [-0.2, 0) is 11.2 Å². The molecule has 0 spiro atoms. The molecule has 0 radical (unpaired) electrons. The van der Waals surface area contributed by atoms with Crippen LogP contribution in [0.5, 0.6) is 0 Å². The zero-order valence-electron chi connectivity index (χ0n) is 13.5. The molecule has 0 unspecified atom stereocenters. The zero-order valence-corrected chi connectivity index (χ0v) is 15.1. The molecule has 0 aromatic heterocycles. The number of nitrogens with zero attached hydrogens (tertiary/aromatic N) is 1. The van der Waals surface area contributed by atoms with E-state index in [1.165, 1.54) is 0 Å². The van der Waals surface area contributed by atoms with Gasteiger partial charge in [-0.2, -0.15) is 0 Å². The number of anilines is 1. The minimum Gasteiger partial charge on any atom is -0.399 e. The number of carbonyl (C=O) groups is 1. The van der Waals surface area contributed by atoms with Crippen molar-refractivity contribution in [3.8, 4) is 0 Å². The van der Waals surface area contributed by atoms with E-state index in [-0.39, 0.29) is 30.7 Å². The van der Waals surface area contributed by atoms with Crippen molar-refractivity contribution in [2.75, 3.05) is 31.9 Å². The molecule has 1 rings (SSSR count). The smallest absolute Gasteiger partial charge is 0.220 e. The molecule has 0 heterocycles. The number of benzene rings is 1. The minimum absolute atomic E-state index is 0. The lowest BCUT2D eigenvalue weighted by atomic mass is 10.1. The molecule has 0 bridgehead atoms. The number of nitrogens with two attached hydrogens (primary N) is 1. The second-order valence-electron chi connectivity index (χ2n) is 4.93. The van der Waals surface area contributed by atoms with Crippen LogP contribution in [0.25, 0.3) is 0 Å². The average Bonchev–Trinajstić information content (AvgIpc) is 2.46. The molecule has 3 N–H and O–H groups in total. The molecule has 0 aliphatic carbocycles. The van der Waals surface area contributed by atoms with Gasteiger partial charge in [-0.1, -0.05) is 32.0 Å². The average molecular weight is 350 g/mol. The van der Waals surface area contributed by atoms with E-state index in [0.29, 0.717) is 12.8 Å². The molecule has 22 heavy (non-hydrogen) atoms. The Balaban J connectivity index is 0. The molecule has 4 nitrogen and oxygen atoms in total. The van der Waals surface area contributed by atoms with E-state index in [4.69, 9.17) is 5.73 Å². The fraction of sp³-hybridized carbons (Fsp3) is 0.562. The van der Waals surface area contributed by atoms with Crippen molar-refractivity contribution in [1.82, 2.24) is 10.2 Å². The third-order valence-electron chi connectivity index (χ3n) is 3.54. The molecule has 0 atom stereocenters. The predicted molar refractivity (Wildman–Crippen MR) is 99.1 cm³/mol. The van der Waals surface area contributed by atoms with Gasteiger partial charge in [-0.25, -0.2) is 0 Å². The van der Waals surface area contributed by atoms with Gasteiger partial charge in [0, 0.05) is 18.7 Å². The Morgan fingerprint density at radius 1 is 1.18 bits per heavy atom. The van der Waals surface area contributed by atoms with E-state index >= 15 is 0 Å². The summed E-state index contributed by atoms with van der Waals surface area (Å²) in [5.74, 6) is 0.104. The molecule has 1 amide bonds. The second-order valence-corrected chi connectivity index (χ2v) is 4.93. The number of rotatable bonds is 9. The third-order valence-corrected chi connectivity index (χ3v) is 3.54. The molecule has 0 fully saturated rings. The van der Waals surface area contributed by atoms with Crippen LogP contribution in [0.2, 0.25) is 0 Å². The summed E-state index contributed by atoms with van der Waals surface area (Å²) in [4.78, 5) is 14.1. The highest BCUT2D eigenvalue weighted by Gasteiger charge is 2.04. The molecule has 1 aromatic carbocycles. The van der Waals surface area contributed by atoms with Gasteiger partial charge in [0.2, 0.25) is 5.91 Å². The first-order chi connectivity index (χ1) is 9.67. The summed E-state index contributed by atoms with van der Waals surface area (Å²) in [5, 5.41) is 2.97. The minimum atomic E-state index is 0. The van der Waals surface area contributed by atoms with Crippen LogP contribution in [0.15, 0.2) is 24.3 Å². The lowest BCUT2D eigenvalue weighted by Crippen LogP contribution is -2.30. The Kier molecular flexibility index (Phi) is 14.5. The van der Waals surface area contributed by atoms with E-state index in [2.05, 4.69) is 24.1 Å². The molecule has 6 heteroatoms. The lowest BCUT2D eigenvalue weighted by molar-refractivity contribution is -0.121. The SMILES string of the molecule is CCN(CC)CCCNC(=O)CCc1ccccc1N.Cl.Cl. The van der Waals surface area contributed by atoms with Gasteiger partial charge in [-0.05, 0) is 44.1 Å². The zero-order chi connectivity index (χ0) is 14.8. The number of nitrogens with one attached hydrogen (secondary N) is 1. The largest absolute Gasteiger partial charge is 0.399 e. The molecule has 0 aliphatic heterocycles. The molecular formula is C16H29Cl2N3O. The van der Waals surface area contributed by atoms with E-state index in [0.717, 1.165) is 43.9 Å². The quantitative estimate of drug-likeness (QED) is 0.532. The summed E-state index contributed by atoms with van der Waals surface area (Å²) in [5.41, 5.74) is 7.67.